The predicted octanol–water partition coefficient (Wildman–Crippen LogP) is 2.22. The predicted molar refractivity (Wildman–Crippen MR) is 80.8 cm³/mol. The molecule has 1 fully saturated rings. The van der Waals surface area contributed by atoms with E-state index in [1.807, 2.05) is 12.1 Å². The summed E-state index contributed by atoms with van der Waals surface area (Å²) in [6, 6.07) is 8.35. The summed E-state index contributed by atoms with van der Waals surface area (Å²) in [6.07, 6.45) is 4.22. The van der Waals surface area contributed by atoms with E-state index in [0.717, 1.165) is 32.4 Å². The van der Waals surface area contributed by atoms with Crippen LogP contribution in [0.2, 0.25) is 0 Å². The quantitative estimate of drug-likeness (QED) is 0.889. The molecule has 3 nitrogen and oxygen atoms in total. The van der Waals surface area contributed by atoms with Crippen LogP contribution >= 0.6 is 12.4 Å². The lowest BCUT2D eigenvalue weighted by Gasteiger charge is -2.22. The van der Waals surface area contributed by atoms with E-state index >= 15 is 0 Å². The van der Waals surface area contributed by atoms with Gasteiger partial charge in [0.2, 0.25) is 5.91 Å². The third kappa shape index (κ3) is 4.84. The number of rotatable bonds is 4. The lowest BCUT2D eigenvalue weighted by atomic mass is 10.0. The number of carbonyl (C=O) groups is 1. The van der Waals surface area contributed by atoms with Crippen molar-refractivity contribution in [2.75, 3.05) is 13.1 Å². The second-order valence-corrected chi connectivity index (χ2v) is 4.97. The van der Waals surface area contributed by atoms with Gasteiger partial charge < -0.3 is 10.6 Å². The van der Waals surface area contributed by atoms with Crippen molar-refractivity contribution >= 4 is 18.3 Å². The molecule has 1 aromatic carbocycles. The van der Waals surface area contributed by atoms with Gasteiger partial charge in [-0.05, 0) is 43.9 Å². The Kier molecular flexibility index (Phi) is 6.89. The zero-order chi connectivity index (χ0) is 12.8. The van der Waals surface area contributed by atoms with Crippen LogP contribution in [0, 0.1) is 6.92 Å². The van der Waals surface area contributed by atoms with Crippen LogP contribution < -0.4 is 10.6 Å². The molecule has 19 heavy (non-hydrogen) atoms. The molecule has 2 N–H and O–H groups in total. The molecule has 0 aliphatic carbocycles. The van der Waals surface area contributed by atoms with Crippen molar-refractivity contribution in [3.63, 3.8) is 0 Å². The van der Waals surface area contributed by atoms with E-state index in [4.69, 9.17) is 0 Å². The van der Waals surface area contributed by atoms with Gasteiger partial charge >= 0.3 is 0 Å². The molecule has 1 amide bonds. The largest absolute Gasteiger partial charge is 0.354 e. The molecule has 1 atom stereocenters. The summed E-state index contributed by atoms with van der Waals surface area (Å²) in [4.78, 5) is 11.9. The normalized spacial score (nSPS) is 18.5. The van der Waals surface area contributed by atoms with Gasteiger partial charge in [-0.1, -0.05) is 30.7 Å². The fourth-order valence-electron chi connectivity index (χ4n) is 2.41. The van der Waals surface area contributed by atoms with Crippen molar-refractivity contribution < 1.29 is 4.79 Å². The number of amides is 1. The van der Waals surface area contributed by atoms with Gasteiger partial charge in [-0.3, -0.25) is 4.79 Å². The topological polar surface area (TPSA) is 41.1 Å². The molecular weight excluding hydrogens is 260 g/mol. The van der Waals surface area contributed by atoms with Gasteiger partial charge in [0.25, 0.3) is 0 Å². The van der Waals surface area contributed by atoms with E-state index in [0.29, 0.717) is 0 Å². The summed E-state index contributed by atoms with van der Waals surface area (Å²) in [5, 5.41) is 6.29. The summed E-state index contributed by atoms with van der Waals surface area (Å²) < 4.78 is 0. The molecule has 1 saturated heterocycles. The van der Waals surface area contributed by atoms with Crippen molar-refractivity contribution in [1.82, 2.24) is 10.6 Å². The summed E-state index contributed by atoms with van der Waals surface area (Å²) in [5.74, 6) is 0.156. The van der Waals surface area contributed by atoms with E-state index in [9.17, 15) is 4.79 Å². The molecule has 1 aliphatic rings. The molecule has 0 aromatic heterocycles. The van der Waals surface area contributed by atoms with Crippen LogP contribution in [0.1, 0.15) is 30.4 Å². The maximum Gasteiger partial charge on any atom is 0.237 e. The minimum atomic E-state index is 0. The molecule has 4 heteroatoms. The Bertz CT molecular complexity index is 403. The second-order valence-electron chi connectivity index (χ2n) is 4.97. The van der Waals surface area contributed by atoms with Crippen LogP contribution in [0.25, 0.3) is 0 Å². The molecule has 1 unspecified atom stereocenters. The Morgan fingerprint density at radius 1 is 1.37 bits per heavy atom. The van der Waals surface area contributed by atoms with Crippen LogP contribution in [0.5, 0.6) is 0 Å². The van der Waals surface area contributed by atoms with Gasteiger partial charge in [0, 0.05) is 6.54 Å². The fraction of sp³-hybridized carbons (Fsp3) is 0.533. The minimum absolute atomic E-state index is 0. The van der Waals surface area contributed by atoms with Crippen LogP contribution in [0.4, 0.5) is 0 Å². The van der Waals surface area contributed by atoms with E-state index < -0.39 is 0 Å². The Balaban J connectivity index is 0.00000180. The molecule has 2 rings (SSSR count). The number of piperidine rings is 1. The molecule has 1 aromatic rings. The van der Waals surface area contributed by atoms with Crippen molar-refractivity contribution in [1.29, 1.82) is 0 Å². The zero-order valence-electron chi connectivity index (χ0n) is 11.4. The van der Waals surface area contributed by atoms with Crippen molar-refractivity contribution in [3.05, 3.63) is 35.4 Å². The highest BCUT2D eigenvalue weighted by Gasteiger charge is 2.19. The van der Waals surface area contributed by atoms with Gasteiger partial charge in [0.1, 0.15) is 0 Å². The third-order valence-electron chi connectivity index (χ3n) is 3.58. The first-order valence-electron chi connectivity index (χ1n) is 6.83. The van der Waals surface area contributed by atoms with Gasteiger partial charge in [0.15, 0.2) is 0 Å². The highest BCUT2D eigenvalue weighted by Crippen LogP contribution is 2.08. The first-order chi connectivity index (χ1) is 8.77. The van der Waals surface area contributed by atoms with Gasteiger partial charge in [-0.15, -0.1) is 12.4 Å². The van der Waals surface area contributed by atoms with Crippen molar-refractivity contribution in [2.24, 2.45) is 0 Å². The third-order valence-corrected chi connectivity index (χ3v) is 3.58. The highest BCUT2D eigenvalue weighted by molar-refractivity contribution is 5.85. The van der Waals surface area contributed by atoms with Crippen LogP contribution in [-0.4, -0.2) is 25.0 Å². The number of halogens is 1. The SMILES string of the molecule is Cc1ccccc1CCNC(=O)C1CCCCN1.Cl. The summed E-state index contributed by atoms with van der Waals surface area (Å²) >= 11 is 0. The number of hydrogen-bond donors (Lipinski definition) is 2. The van der Waals surface area contributed by atoms with Crippen LogP contribution in [-0.2, 0) is 11.2 Å². The Morgan fingerprint density at radius 3 is 2.84 bits per heavy atom. The van der Waals surface area contributed by atoms with Crippen molar-refractivity contribution in [3.8, 4) is 0 Å². The Morgan fingerprint density at radius 2 is 2.16 bits per heavy atom. The minimum Gasteiger partial charge on any atom is -0.354 e. The molecule has 0 bridgehead atoms. The second kappa shape index (κ2) is 8.18. The van der Waals surface area contributed by atoms with E-state index in [1.165, 1.54) is 17.5 Å². The summed E-state index contributed by atoms with van der Waals surface area (Å²) in [6.45, 7) is 3.80. The fourth-order valence-corrected chi connectivity index (χ4v) is 2.41. The number of benzene rings is 1. The molecular formula is C15H23ClN2O. The van der Waals surface area contributed by atoms with Crippen LogP contribution in [0.3, 0.4) is 0 Å². The summed E-state index contributed by atoms with van der Waals surface area (Å²) in [5.41, 5.74) is 2.61. The maximum absolute atomic E-state index is 11.9. The first-order valence-corrected chi connectivity index (χ1v) is 6.83. The number of aryl methyl sites for hydroxylation is 1. The molecule has 106 valence electrons. The molecule has 1 heterocycles. The molecule has 1 aliphatic heterocycles. The Labute approximate surface area is 121 Å². The highest BCUT2D eigenvalue weighted by atomic mass is 35.5. The zero-order valence-corrected chi connectivity index (χ0v) is 12.3. The van der Waals surface area contributed by atoms with E-state index in [1.54, 1.807) is 0 Å². The lowest BCUT2D eigenvalue weighted by molar-refractivity contribution is -0.123. The lowest BCUT2D eigenvalue weighted by Crippen LogP contribution is -2.47. The average molecular weight is 283 g/mol. The van der Waals surface area contributed by atoms with Crippen LogP contribution in [0.15, 0.2) is 24.3 Å². The van der Waals surface area contributed by atoms with Gasteiger partial charge in [-0.25, -0.2) is 0 Å². The monoisotopic (exact) mass is 282 g/mol. The van der Waals surface area contributed by atoms with E-state index in [2.05, 4.69) is 29.7 Å². The maximum atomic E-state index is 11.9. The average Bonchev–Trinajstić information content (AvgIpc) is 2.42. The van der Waals surface area contributed by atoms with Crippen molar-refractivity contribution in [2.45, 2.75) is 38.6 Å². The van der Waals surface area contributed by atoms with Gasteiger partial charge in [0.05, 0.1) is 6.04 Å². The van der Waals surface area contributed by atoms with E-state index in [-0.39, 0.29) is 24.4 Å². The molecule has 0 radical (unpaired) electrons. The molecule has 0 saturated carbocycles. The first kappa shape index (κ1) is 16.0. The Hall–Kier alpha value is -1.06. The smallest absolute Gasteiger partial charge is 0.237 e. The number of hydrogen-bond acceptors (Lipinski definition) is 2. The standard InChI is InChI=1S/C15H22N2O.ClH/c1-12-6-2-3-7-13(12)9-11-17-15(18)14-8-4-5-10-16-14;/h2-3,6-7,14,16H,4-5,8-11H2,1H3,(H,17,18);1H. The summed E-state index contributed by atoms with van der Waals surface area (Å²) in [7, 11) is 0. The number of carbonyl (C=O) groups excluding carboxylic acids is 1. The van der Waals surface area contributed by atoms with Gasteiger partial charge in [-0.2, -0.15) is 0 Å². The molecule has 0 spiro atoms. The number of nitrogens with one attached hydrogen (secondary N) is 2.